The largest absolute Gasteiger partial charge is 0.466 e. The number of ether oxygens (including phenoxy) is 1. The number of halogens is 1. The van der Waals surface area contributed by atoms with Crippen molar-refractivity contribution >= 4 is 32.6 Å². The second-order valence-electron chi connectivity index (χ2n) is 5.70. The van der Waals surface area contributed by atoms with E-state index in [1.807, 2.05) is 6.07 Å². The van der Waals surface area contributed by atoms with Crippen molar-refractivity contribution in [2.24, 2.45) is 5.92 Å². The summed E-state index contributed by atoms with van der Waals surface area (Å²) in [6.07, 6.45) is 0.214. The molecule has 0 bridgehead atoms. The highest BCUT2D eigenvalue weighted by Gasteiger charge is 2.43. The molecule has 0 saturated heterocycles. The van der Waals surface area contributed by atoms with Gasteiger partial charge >= 0.3 is 5.97 Å². The number of hydrogen-bond donors (Lipinski definition) is 0. The maximum absolute atomic E-state index is 12.5. The topological polar surface area (TPSA) is 77.5 Å². The van der Waals surface area contributed by atoms with E-state index < -0.39 is 37.5 Å². The van der Waals surface area contributed by atoms with Gasteiger partial charge in [0.2, 0.25) is 5.24 Å². The van der Waals surface area contributed by atoms with Crippen LogP contribution in [0.15, 0.2) is 30.3 Å². The first-order valence-corrected chi connectivity index (χ1v) is 9.27. The van der Waals surface area contributed by atoms with Crippen molar-refractivity contribution < 1.29 is 22.7 Å². The molecular formula is C16H21ClO5S. The van der Waals surface area contributed by atoms with E-state index in [2.05, 4.69) is 0 Å². The smallest absolute Gasteiger partial charge is 0.310 e. The number of benzene rings is 1. The molecule has 0 aliphatic carbocycles. The molecule has 0 aromatic heterocycles. The van der Waals surface area contributed by atoms with Gasteiger partial charge in [0, 0.05) is 0 Å². The van der Waals surface area contributed by atoms with Crippen molar-refractivity contribution in [3.8, 4) is 0 Å². The average molecular weight is 361 g/mol. The summed E-state index contributed by atoms with van der Waals surface area (Å²) in [5.74, 6) is -1.98. The minimum atomic E-state index is -3.92. The lowest BCUT2D eigenvalue weighted by atomic mass is 10.0. The fraction of sp³-hybridized carbons (Fsp3) is 0.500. The Hall–Kier alpha value is -1.40. The van der Waals surface area contributed by atoms with Crippen molar-refractivity contribution in [2.45, 2.75) is 31.9 Å². The van der Waals surface area contributed by atoms with Gasteiger partial charge in [-0.05, 0) is 44.4 Å². The lowest BCUT2D eigenvalue weighted by Crippen LogP contribution is -2.43. The van der Waals surface area contributed by atoms with Crippen LogP contribution in [0.1, 0.15) is 26.3 Å². The van der Waals surface area contributed by atoms with Gasteiger partial charge in [-0.2, -0.15) is 0 Å². The number of carbonyl (C=O) groups is 2. The van der Waals surface area contributed by atoms with Gasteiger partial charge in [0.25, 0.3) is 0 Å². The van der Waals surface area contributed by atoms with Crippen molar-refractivity contribution in [3.05, 3.63) is 35.9 Å². The van der Waals surface area contributed by atoms with Gasteiger partial charge in [-0.25, -0.2) is 8.42 Å². The Morgan fingerprint density at radius 2 is 1.78 bits per heavy atom. The first kappa shape index (κ1) is 19.6. The van der Waals surface area contributed by atoms with Crippen molar-refractivity contribution in [3.63, 3.8) is 0 Å². The quantitative estimate of drug-likeness (QED) is 0.525. The summed E-state index contributed by atoms with van der Waals surface area (Å²) in [5.41, 5.74) is 0.816. The van der Waals surface area contributed by atoms with E-state index in [9.17, 15) is 18.0 Å². The molecule has 0 aliphatic heterocycles. The first-order valence-electron chi connectivity index (χ1n) is 7.24. The van der Waals surface area contributed by atoms with Gasteiger partial charge in [0.1, 0.15) is 4.75 Å². The third kappa shape index (κ3) is 5.04. The Balaban J connectivity index is 3.06. The predicted molar refractivity (Wildman–Crippen MR) is 89.0 cm³/mol. The molecule has 23 heavy (non-hydrogen) atoms. The fourth-order valence-electron chi connectivity index (χ4n) is 1.96. The lowest BCUT2D eigenvalue weighted by Gasteiger charge is -2.23. The van der Waals surface area contributed by atoms with E-state index in [0.717, 1.165) is 5.56 Å². The van der Waals surface area contributed by atoms with Gasteiger partial charge in [-0.15, -0.1) is 0 Å². The summed E-state index contributed by atoms with van der Waals surface area (Å²) in [4.78, 5) is 23.5. The molecule has 0 amide bonds. The van der Waals surface area contributed by atoms with Crippen LogP contribution in [-0.4, -0.2) is 36.7 Å². The molecule has 0 aliphatic rings. The molecule has 1 unspecified atom stereocenters. The number of carbonyl (C=O) groups excluding carboxylic acids is 2. The molecule has 128 valence electrons. The lowest BCUT2D eigenvalue weighted by molar-refractivity contribution is -0.147. The minimum Gasteiger partial charge on any atom is -0.466 e. The molecule has 0 saturated carbocycles. The van der Waals surface area contributed by atoms with Crippen LogP contribution in [0, 0.1) is 5.92 Å². The Labute approximate surface area is 141 Å². The van der Waals surface area contributed by atoms with Gasteiger partial charge in [-0.1, -0.05) is 30.3 Å². The summed E-state index contributed by atoms with van der Waals surface area (Å²) in [6.45, 7) is 4.28. The Morgan fingerprint density at radius 3 is 2.26 bits per heavy atom. The molecule has 1 atom stereocenters. The molecule has 0 spiro atoms. The summed E-state index contributed by atoms with van der Waals surface area (Å²) >= 11 is 5.40. The summed E-state index contributed by atoms with van der Waals surface area (Å²) < 4.78 is 28.2. The van der Waals surface area contributed by atoms with Crippen LogP contribution in [0.25, 0.3) is 0 Å². The van der Waals surface area contributed by atoms with Crippen LogP contribution in [0.4, 0.5) is 0 Å². The van der Waals surface area contributed by atoms with Gasteiger partial charge in [-0.3, -0.25) is 9.59 Å². The zero-order valence-electron chi connectivity index (χ0n) is 13.4. The highest BCUT2D eigenvalue weighted by molar-refractivity contribution is 7.93. The highest BCUT2D eigenvalue weighted by Crippen LogP contribution is 2.24. The van der Waals surface area contributed by atoms with Gasteiger partial charge in [0.05, 0.1) is 18.3 Å². The summed E-state index contributed by atoms with van der Waals surface area (Å²) in [7, 11) is -3.92. The SMILES string of the molecule is CCOC(=O)C(Cc1ccccc1)CS(=O)(=O)C(C)(C)C(=O)Cl. The molecular weight excluding hydrogens is 340 g/mol. The molecule has 0 radical (unpaired) electrons. The zero-order valence-corrected chi connectivity index (χ0v) is 15.0. The second-order valence-corrected chi connectivity index (χ2v) is 8.63. The predicted octanol–water partition coefficient (Wildman–Crippen LogP) is 2.37. The van der Waals surface area contributed by atoms with E-state index in [-0.39, 0.29) is 13.0 Å². The standard InChI is InChI=1S/C16H21ClO5S/c1-4-22-14(18)13(10-12-8-6-5-7-9-12)11-23(20,21)16(2,3)15(17)19/h5-9,13H,4,10-11H2,1-3H3. The molecule has 1 rings (SSSR count). The van der Waals surface area contributed by atoms with E-state index in [1.54, 1.807) is 31.2 Å². The van der Waals surface area contributed by atoms with Gasteiger partial charge < -0.3 is 4.74 Å². The van der Waals surface area contributed by atoms with Crippen molar-refractivity contribution in [1.29, 1.82) is 0 Å². The Bertz CT molecular complexity index is 652. The number of rotatable bonds is 8. The third-order valence-electron chi connectivity index (χ3n) is 3.62. The second kappa shape index (κ2) is 7.93. The molecule has 7 heteroatoms. The highest BCUT2D eigenvalue weighted by atomic mass is 35.5. The van der Waals surface area contributed by atoms with Crippen LogP contribution < -0.4 is 0 Å². The van der Waals surface area contributed by atoms with Crippen LogP contribution in [0.2, 0.25) is 0 Å². The van der Waals surface area contributed by atoms with Crippen molar-refractivity contribution in [2.75, 3.05) is 12.4 Å². The fourth-order valence-corrected chi connectivity index (χ4v) is 3.76. The Morgan fingerprint density at radius 1 is 1.22 bits per heavy atom. The summed E-state index contributed by atoms with van der Waals surface area (Å²) in [6, 6.07) is 9.04. The van der Waals surface area contributed by atoms with Crippen LogP contribution in [0.3, 0.4) is 0 Å². The number of sulfone groups is 1. The molecule has 1 aromatic carbocycles. The minimum absolute atomic E-state index is 0.155. The number of hydrogen-bond acceptors (Lipinski definition) is 5. The molecule has 5 nitrogen and oxygen atoms in total. The zero-order chi connectivity index (χ0) is 17.7. The van der Waals surface area contributed by atoms with Crippen LogP contribution >= 0.6 is 11.6 Å². The molecule has 0 N–H and O–H groups in total. The summed E-state index contributed by atoms with van der Waals surface area (Å²) in [5, 5.41) is -0.972. The van der Waals surface area contributed by atoms with E-state index in [1.165, 1.54) is 13.8 Å². The van der Waals surface area contributed by atoms with E-state index in [0.29, 0.717) is 0 Å². The monoisotopic (exact) mass is 360 g/mol. The molecule has 1 aromatic rings. The number of esters is 1. The Kier molecular flexibility index (Phi) is 6.77. The van der Waals surface area contributed by atoms with E-state index >= 15 is 0 Å². The third-order valence-corrected chi connectivity index (χ3v) is 6.78. The van der Waals surface area contributed by atoms with Gasteiger partial charge in [0.15, 0.2) is 9.84 Å². The van der Waals surface area contributed by atoms with E-state index in [4.69, 9.17) is 16.3 Å². The van der Waals surface area contributed by atoms with Crippen molar-refractivity contribution in [1.82, 2.24) is 0 Å². The molecule has 0 fully saturated rings. The maximum atomic E-state index is 12.5. The first-order chi connectivity index (χ1) is 10.6. The average Bonchev–Trinajstić information content (AvgIpc) is 2.47. The van der Waals surface area contributed by atoms with Crippen LogP contribution in [0.5, 0.6) is 0 Å². The maximum Gasteiger partial charge on any atom is 0.310 e. The van der Waals surface area contributed by atoms with Crippen LogP contribution in [-0.2, 0) is 30.6 Å². The normalized spacial score (nSPS) is 13.4. The molecule has 0 heterocycles.